The van der Waals surface area contributed by atoms with Crippen LogP contribution in [-0.4, -0.2) is 47.0 Å². The average Bonchev–Trinajstić information content (AvgIpc) is 3.28. The smallest absolute Gasteiger partial charge is 0.274 e. The molecule has 1 aromatic carbocycles. The fraction of sp³-hybridized carbons (Fsp3) is 0.353. The van der Waals surface area contributed by atoms with Gasteiger partial charge in [0.25, 0.3) is 5.91 Å². The number of likely N-dealkylation sites (tertiary alicyclic amines) is 1. The Morgan fingerprint density at radius 2 is 2.28 bits per heavy atom. The zero-order valence-corrected chi connectivity index (χ0v) is 13.8. The fourth-order valence-electron chi connectivity index (χ4n) is 2.79. The minimum Gasteiger partial charge on any atom is -0.487 e. The zero-order chi connectivity index (χ0) is 17.8. The van der Waals surface area contributed by atoms with Crippen LogP contribution >= 0.6 is 0 Å². The fourth-order valence-corrected chi connectivity index (χ4v) is 2.79. The Hall–Kier alpha value is -2.90. The lowest BCUT2D eigenvalue weighted by atomic mass is 10.1. The second-order valence-corrected chi connectivity index (χ2v) is 5.88. The summed E-state index contributed by atoms with van der Waals surface area (Å²) in [6.07, 6.45) is 0.644. The van der Waals surface area contributed by atoms with E-state index in [-0.39, 0.29) is 35.9 Å². The molecule has 0 saturated carbocycles. The van der Waals surface area contributed by atoms with Gasteiger partial charge in [-0.25, -0.2) is 4.39 Å². The lowest BCUT2D eigenvalue weighted by molar-refractivity contribution is -0.124. The molecule has 1 saturated heterocycles. The van der Waals surface area contributed by atoms with Crippen LogP contribution in [0.25, 0.3) is 0 Å². The summed E-state index contributed by atoms with van der Waals surface area (Å²) in [5, 5.41) is 9.36. The Morgan fingerprint density at radius 1 is 1.44 bits per heavy atom. The molecule has 2 aromatic rings. The van der Waals surface area contributed by atoms with Crippen molar-refractivity contribution in [3.63, 3.8) is 0 Å². The molecule has 2 heterocycles. The average molecular weight is 346 g/mol. The number of halogens is 1. The van der Waals surface area contributed by atoms with Crippen LogP contribution in [0, 0.1) is 11.7 Å². The molecule has 7 nitrogen and oxygen atoms in total. The SMILES string of the molecule is CNC(=O)[C@@H]1CCN(C(=O)c2cc(COc3cccc(F)c3)[nH]n2)C1. The third-order valence-corrected chi connectivity index (χ3v) is 4.13. The summed E-state index contributed by atoms with van der Waals surface area (Å²) in [5.41, 5.74) is 0.880. The number of aromatic amines is 1. The van der Waals surface area contributed by atoms with Gasteiger partial charge in [0.1, 0.15) is 18.2 Å². The summed E-state index contributed by atoms with van der Waals surface area (Å²) in [4.78, 5) is 25.7. The lowest BCUT2D eigenvalue weighted by Crippen LogP contribution is -2.33. The predicted molar refractivity (Wildman–Crippen MR) is 87.4 cm³/mol. The number of carbonyl (C=O) groups excluding carboxylic acids is 2. The van der Waals surface area contributed by atoms with Gasteiger partial charge in [-0.2, -0.15) is 5.10 Å². The number of nitrogens with zero attached hydrogens (tertiary/aromatic N) is 2. The van der Waals surface area contributed by atoms with Gasteiger partial charge < -0.3 is 15.0 Å². The van der Waals surface area contributed by atoms with E-state index in [0.29, 0.717) is 31.0 Å². The van der Waals surface area contributed by atoms with Crippen molar-refractivity contribution in [1.82, 2.24) is 20.4 Å². The minimum atomic E-state index is -0.377. The maximum atomic E-state index is 13.1. The molecule has 1 atom stereocenters. The number of carbonyl (C=O) groups is 2. The highest BCUT2D eigenvalue weighted by molar-refractivity contribution is 5.93. The Morgan fingerprint density at radius 3 is 3.04 bits per heavy atom. The number of H-pyrrole nitrogens is 1. The minimum absolute atomic E-state index is 0.0542. The molecule has 2 N–H and O–H groups in total. The Balaban J connectivity index is 1.58. The van der Waals surface area contributed by atoms with Crippen molar-refractivity contribution in [2.24, 2.45) is 5.92 Å². The summed E-state index contributed by atoms with van der Waals surface area (Å²) < 4.78 is 18.6. The quantitative estimate of drug-likeness (QED) is 0.855. The maximum absolute atomic E-state index is 13.1. The van der Waals surface area contributed by atoms with Crippen molar-refractivity contribution >= 4 is 11.8 Å². The normalized spacial score (nSPS) is 16.7. The van der Waals surface area contributed by atoms with Gasteiger partial charge in [0, 0.05) is 26.2 Å². The molecule has 2 amide bonds. The van der Waals surface area contributed by atoms with Crippen LogP contribution in [0.1, 0.15) is 22.6 Å². The van der Waals surface area contributed by atoms with Crippen molar-refractivity contribution < 1.29 is 18.7 Å². The van der Waals surface area contributed by atoms with Gasteiger partial charge in [-0.1, -0.05) is 6.07 Å². The second kappa shape index (κ2) is 7.33. The number of amides is 2. The highest BCUT2D eigenvalue weighted by atomic mass is 19.1. The Bertz CT molecular complexity index is 777. The van der Waals surface area contributed by atoms with E-state index in [4.69, 9.17) is 4.74 Å². The van der Waals surface area contributed by atoms with Crippen LogP contribution in [0.4, 0.5) is 4.39 Å². The molecule has 1 aromatic heterocycles. The van der Waals surface area contributed by atoms with Crippen LogP contribution in [0.2, 0.25) is 0 Å². The van der Waals surface area contributed by atoms with Crippen LogP contribution in [-0.2, 0) is 11.4 Å². The van der Waals surface area contributed by atoms with Crippen molar-refractivity contribution in [3.05, 3.63) is 47.5 Å². The predicted octanol–water partition coefficient (Wildman–Crippen LogP) is 1.34. The summed E-state index contributed by atoms with van der Waals surface area (Å²) in [5.74, 6) is -0.432. The molecule has 1 aliphatic rings. The first-order valence-corrected chi connectivity index (χ1v) is 8.00. The molecule has 0 bridgehead atoms. The van der Waals surface area contributed by atoms with Crippen molar-refractivity contribution in [1.29, 1.82) is 0 Å². The molecule has 0 unspecified atom stereocenters. The van der Waals surface area contributed by atoms with E-state index in [2.05, 4.69) is 15.5 Å². The highest BCUT2D eigenvalue weighted by Crippen LogP contribution is 2.19. The summed E-state index contributed by atoms with van der Waals surface area (Å²) in [6.45, 7) is 1.06. The van der Waals surface area contributed by atoms with Crippen LogP contribution < -0.4 is 10.1 Å². The third-order valence-electron chi connectivity index (χ3n) is 4.13. The maximum Gasteiger partial charge on any atom is 0.274 e. The number of ether oxygens (including phenoxy) is 1. The Labute approximate surface area is 144 Å². The van der Waals surface area contributed by atoms with Crippen molar-refractivity contribution in [3.8, 4) is 5.75 Å². The van der Waals surface area contributed by atoms with Gasteiger partial charge >= 0.3 is 0 Å². The first-order valence-electron chi connectivity index (χ1n) is 8.00. The summed E-state index contributed by atoms with van der Waals surface area (Å²) >= 11 is 0. The van der Waals surface area contributed by atoms with Gasteiger partial charge in [0.15, 0.2) is 5.69 Å². The lowest BCUT2D eigenvalue weighted by Gasteiger charge is -2.14. The number of aromatic nitrogens is 2. The van der Waals surface area contributed by atoms with E-state index >= 15 is 0 Å². The van der Waals surface area contributed by atoms with Crippen molar-refractivity contribution in [2.45, 2.75) is 13.0 Å². The van der Waals surface area contributed by atoms with E-state index in [0.717, 1.165) is 0 Å². The van der Waals surface area contributed by atoms with E-state index < -0.39 is 0 Å². The van der Waals surface area contributed by atoms with Gasteiger partial charge in [0.05, 0.1) is 11.6 Å². The van der Waals surface area contributed by atoms with E-state index in [1.165, 1.54) is 12.1 Å². The molecule has 0 spiro atoms. The number of rotatable bonds is 5. The molecule has 0 aliphatic carbocycles. The van der Waals surface area contributed by atoms with E-state index in [1.54, 1.807) is 30.1 Å². The van der Waals surface area contributed by atoms with Gasteiger partial charge in [-0.15, -0.1) is 0 Å². The molecule has 25 heavy (non-hydrogen) atoms. The monoisotopic (exact) mass is 346 g/mol. The van der Waals surface area contributed by atoms with Crippen LogP contribution in [0.3, 0.4) is 0 Å². The number of benzene rings is 1. The third kappa shape index (κ3) is 3.96. The largest absolute Gasteiger partial charge is 0.487 e. The van der Waals surface area contributed by atoms with Gasteiger partial charge in [-0.05, 0) is 24.6 Å². The van der Waals surface area contributed by atoms with Gasteiger partial charge in [0.2, 0.25) is 5.91 Å². The molecule has 0 radical (unpaired) electrons. The van der Waals surface area contributed by atoms with E-state index in [1.807, 2.05) is 0 Å². The summed E-state index contributed by atoms with van der Waals surface area (Å²) in [7, 11) is 1.59. The number of hydrogen-bond donors (Lipinski definition) is 2. The first kappa shape index (κ1) is 16.9. The second-order valence-electron chi connectivity index (χ2n) is 5.88. The molecule has 3 rings (SSSR count). The van der Waals surface area contributed by atoms with Crippen LogP contribution in [0.15, 0.2) is 30.3 Å². The molecule has 1 aliphatic heterocycles. The van der Waals surface area contributed by atoms with Crippen LogP contribution in [0.5, 0.6) is 5.75 Å². The van der Waals surface area contributed by atoms with Gasteiger partial charge in [-0.3, -0.25) is 14.7 Å². The van der Waals surface area contributed by atoms with Crippen molar-refractivity contribution in [2.75, 3.05) is 20.1 Å². The number of nitrogens with one attached hydrogen (secondary N) is 2. The topological polar surface area (TPSA) is 87.3 Å². The standard InChI is InChI=1S/C17H19FN4O3/c1-19-16(23)11-5-6-22(9-11)17(24)15-8-13(20-21-15)10-25-14-4-2-3-12(18)7-14/h2-4,7-8,11H,5-6,9-10H2,1H3,(H,19,23)(H,20,21)/t11-/m1/s1. The molecular weight excluding hydrogens is 327 g/mol. The van der Waals surface area contributed by atoms with E-state index in [9.17, 15) is 14.0 Å². The zero-order valence-electron chi connectivity index (χ0n) is 13.8. The highest BCUT2D eigenvalue weighted by Gasteiger charge is 2.31. The Kier molecular flexibility index (Phi) is 4.97. The first-order chi connectivity index (χ1) is 12.1. The molecule has 8 heteroatoms. The number of hydrogen-bond acceptors (Lipinski definition) is 4. The molecule has 1 fully saturated rings. The molecule has 132 valence electrons. The molecular formula is C17H19FN4O3. The summed E-state index contributed by atoms with van der Waals surface area (Å²) in [6, 6.07) is 7.43.